The van der Waals surface area contributed by atoms with Crippen LogP contribution in [-0.2, 0) is 9.53 Å². The maximum atomic E-state index is 12.4. The zero-order chi connectivity index (χ0) is 18.4. The minimum atomic E-state index is -0.554. The quantitative estimate of drug-likeness (QED) is 0.600. The number of anilines is 1. The van der Waals surface area contributed by atoms with Gasteiger partial charge in [0.15, 0.2) is 0 Å². The van der Waals surface area contributed by atoms with Crippen molar-refractivity contribution in [2.45, 2.75) is 17.1 Å². The monoisotopic (exact) mass is 379 g/mol. The third-order valence-corrected chi connectivity index (χ3v) is 4.82. The lowest BCUT2D eigenvalue weighted by Crippen LogP contribution is -2.22. The van der Waals surface area contributed by atoms with Gasteiger partial charge in [0.1, 0.15) is 5.75 Å². The van der Waals surface area contributed by atoms with Gasteiger partial charge < -0.3 is 14.8 Å². The zero-order valence-corrected chi connectivity index (χ0v) is 15.6. The van der Waals surface area contributed by atoms with Crippen molar-refractivity contribution in [3.8, 4) is 5.75 Å². The maximum absolute atomic E-state index is 12.4. The second-order valence-corrected chi connectivity index (χ2v) is 6.93. The fourth-order valence-corrected chi connectivity index (χ4v) is 3.09. The van der Waals surface area contributed by atoms with E-state index in [0.717, 1.165) is 10.6 Å². The summed E-state index contributed by atoms with van der Waals surface area (Å²) in [6.45, 7) is 1.81. The highest BCUT2D eigenvalue weighted by Crippen LogP contribution is 2.27. The standard InChI is InChI=1S/C18H18ClNO4S/c1-11(25-14-7-5-13(23-2)6-8-14)17(21)20-12-4-9-16(19)15(10-12)18(22)24-3/h4-11H,1-3H3,(H,20,21). The number of carbonyl (C=O) groups is 2. The van der Waals surface area contributed by atoms with Crippen LogP contribution in [0.3, 0.4) is 0 Å². The molecule has 1 amide bonds. The molecule has 0 saturated carbocycles. The van der Waals surface area contributed by atoms with Gasteiger partial charge in [0.25, 0.3) is 0 Å². The number of esters is 1. The third-order valence-electron chi connectivity index (χ3n) is 3.38. The molecule has 5 nitrogen and oxygen atoms in total. The van der Waals surface area contributed by atoms with Crippen molar-refractivity contribution in [2.24, 2.45) is 0 Å². The minimum Gasteiger partial charge on any atom is -0.497 e. The summed E-state index contributed by atoms with van der Waals surface area (Å²) in [6, 6.07) is 12.2. The molecule has 1 atom stereocenters. The Kier molecular flexibility index (Phi) is 6.73. The molecule has 0 aromatic heterocycles. The summed E-state index contributed by atoms with van der Waals surface area (Å²) in [5, 5.41) is 2.72. The summed E-state index contributed by atoms with van der Waals surface area (Å²) in [5.41, 5.74) is 0.689. The van der Waals surface area contributed by atoms with Gasteiger partial charge in [-0.15, -0.1) is 11.8 Å². The molecule has 2 aromatic rings. The van der Waals surface area contributed by atoms with Crippen molar-refractivity contribution in [1.82, 2.24) is 0 Å². The summed E-state index contributed by atoms with van der Waals surface area (Å²) >= 11 is 7.40. The molecule has 7 heteroatoms. The van der Waals surface area contributed by atoms with Crippen LogP contribution < -0.4 is 10.1 Å². The lowest BCUT2D eigenvalue weighted by molar-refractivity contribution is -0.115. The lowest BCUT2D eigenvalue weighted by atomic mass is 10.2. The van der Waals surface area contributed by atoms with Gasteiger partial charge in [-0.2, -0.15) is 0 Å². The van der Waals surface area contributed by atoms with Crippen LogP contribution in [0.15, 0.2) is 47.4 Å². The fraction of sp³-hybridized carbons (Fsp3) is 0.222. The molecule has 0 radical (unpaired) electrons. The molecule has 0 aliphatic rings. The topological polar surface area (TPSA) is 64.6 Å². The molecule has 0 fully saturated rings. The number of hydrogen-bond donors (Lipinski definition) is 1. The van der Waals surface area contributed by atoms with Gasteiger partial charge in [-0.3, -0.25) is 4.79 Å². The van der Waals surface area contributed by atoms with Crippen LogP contribution in [0.2, 0.25) is 5.02 Å². The average molecular weight is 380 g/mol. The number of nitrogens with one attached hydrogen (secondary N) is 1. The first-order valence-electron chi connectivity index (χ1n) is 7.44. The number of ether oxygens (including phenoxy) is 2. The van der Waals surface area contributed by atoms with Crippen LogP contribution in [-0.4, -0.2) is 31.3 Å². The average Bonchev–Trinajstić information content (AvgIpc) is 2.63. The number of benzene rings is 2. The van der Waals surface area contributed by atoms with E-state index in [2.05, 4.69) is 10.1 Å². The number of thioether (sulfide) groups is 1. The van der Waals surface area contributed by atoms with Crippen molar-refractivity contribution >= 4 is 40.9 Å². The van der Waals surface area contributed by atoms with Crippen LogP contribution in [0.5, 0.6) is 5.75 Å². The summed E-state index contributed by atoms with van der Waals surface area (Å²) in [5.74, 6) is 0.0265. The van der Waals surface area contributed by atoms with Gasteiger partial charge >= 0.3 is 5.97 Å². The van der Waals surface area contributed by atoms with Crippen molar-refractivity contribution in [3.63, 3.8) is 0 Å². The number of rotatable bonds is 6. The highest BCUT2D eigenvalue weighted by Gasteiger charge is 2.17. The summed E-state index contributed by atoms with van der Waals surface area (Å²) in [6.07, 6.45) is 0. The first-order chi connectivity index (χ1) is 11.9. The minimum absolute atomic E-state index is 0.182. The van der Waals surface area contributed by atoms with Gasteiger partial charge in [-0.1, -0.05) is 11.6 Å². The molecule has 0 spiro atoms. The van der Waals surface area contributed by atoms with Gasteiger partial charge in [0, 0.05) is 10.6 Å². The number of halogens is 1. The van der Waals surface area contributed by atoms with E-state index >= 15 is 0 Å². The highest BCUT2D eigenvalue weighted by atomic mass is 35.5. The second-order valence-electron chi connectivity index (χ2n) is 5.11. The zero-order valence-electron chi connectivity index (χ0n) is 14.0. The SMILES string of the molecule is COC(=O)c1cc(NC(=O)C(C)Sc2ccc(OC)cc2)ccc1Cl. The summed E-state index contributed by atoms with van der Waals surface area (Å²) in [4.78, 5) is 25.0. The van der Waals surface area contributed by atoms with Gasteiger partial charge in [0.05, 0.1) is 30.1 Å². The van der Waals surface area contributed by atoms with Crippen molar-refractivity contribution in [2.75, 3.05) is 19.5 Å². The molecule has 1 unspecified atom stereocenters. The van der Waals surface area contributed by atoms with Crippen molar-refractivity contribution < 1.29 is 19.1 Å². The summed E-state index contributed by atoms with van der Waals surface area (Å²) < 4.78 is 9.78. The molecule has 0 heterocycles. The van der Waals surface area contributed by atoms with Crippen LogP contribution in [0.4, 0.5) is 5.69 Å². The predicted molar refractivity (Wildman–Crippen MR) is 99.7 cm³/mol. The van der Waals surface area contributed by atoms with Crippen LogP contribution in [0.25, 0.3) is 0 Å². The number of hydrogen-bond acceptors (Lipinski definition) is 5. The smallest absolute Gasteiger partial charge is 0.339 e. The van der Waals surface area contributed by atoms with E-state index in [-0.39, 0.29) is 21.7 Å². The predicted octanol–water partition coefficient (Wildman–Crippen LogP) is 4.25. The van der Waals surface area contributed by atoms with E-state index in [1.165, 1.54) is 24.9 Å². The van der Waals surface area contributed by atoms with Crippen LogP contribution in [0, 0.1) is 0 Å². The molecule has 0 saturated heterocycles. The van der Waals surface area contributed by atoms with E-state index in [1.54, 1.807) is 26.2 Å². The van der Waals surface area contributed by atoms with Gasteiger partial charge in [0.2, 0.25) is 5.91 Å². The molecule has 2 aromatic carbocycles. The van der Waals surface area contributed by atoms with Crippen LogP contribution >= 0.6 is 23.4 Å². The third kappa shape index (κ3) is 5.14. The van der Waals surface area contributed by atoms with Gasteiger partial charge in [-0.05, 0) is 49.4 Å². The molecule has 0 aliphatic carbocycles. The molecule has 0 bridgehead atoms. The second kappa shape index (κ2) is 8.78. The fourth-order valence-electron chi connectivity index (χ4n) is 2.03. The molecule has 2 rings (SSSR count). The first-order valence-corrected chi connectivity index (χ1v) is 8.69. The number of methoxy groups -OCH3 is 2. The Morgan fingerprint density at radius 2 is 1.80 bits per heavy atom. The molecule has 132 valence electrons. The van der Waals surface area contributed by atoms with Crippen molar-refractivity contribution in [1.29, 1.82) is 0 Å². The van der Waals surface area contributed by atoms with E-state index < -0.39 is 5.97 Å². The molecular weight excluding hydrogens is 362 g/mol. The Hall–Kier alpha value is -2.18. The maximum Gasteiger partial charge on any atom is 0.339 e. The Morgan fingerprint density at radius 1 is 1.12 bits per heavy atom. The normalized spacial score (nSPS) is 11.5. The Bertz CT molecular complexity index is 764. The summed E-state index contributed by atoms with van der Waals surface area (Å²) in [7, 11) is 2.88. The van der Waals surface area contributed by atoms with Gasteiger partial charge in [-0.25, -0.2) is 4.79 Å². The van der Waals surface area contributed by atoms with E-state index in [9.17, 15) is 9.59 Å². The van der Waals surface area contributed by atoms with E-state index in [4.69, 9.17) is 16.3 Å². The van der Waals surface area contributed by atoms with Crippen molar-refractivity contribution in [3.05, 3.63) is 53.1 Å². The van der Waals surface area contributed by atoms with E-state index in [0.29, 0.717) is 5.69 Å². The van der Waals surface area contributed by atoms with E-state index in [1.807, 2.05) is 24.3 Å². The molecule has 1 N–H and O–H groups in total. The first kappa shape index (κ1) is 19.1. The Morgan fingerprint density at radius 3 is 2.40 bits per heavy atom. The number of carbonyl (C=O) groups excluding carboxylic acids is 2. The lowest BCUT2D eigenvalue weighted by Gasteiger charge is -2.13. The molecule has 0 aliphatic heterocycles. The largest absolute Gasteiger partial charge is 0.497 e. The Labute approximate surface area is 155 Å². The Balaban J connectivity index is 2.04. The number of amides is 1. The molecule has 25 heavy (non-hydrogen) atoms. The highest BCUT2D eigenvalue weighted by molar-refractivity contribution is 8.00. The van der Waals surface area contributed by atoms with Crippen LogP contribution in [0.1, 0.15) is 17.3 Å². The molecular formula is C18H18ClNO4S.